The molecule has 1 N–H and O–H groups in total. The van der Waals surface area contributed by atoms with Gasteiger partial charge in [-0.25, -0.2) is 4.79 Å². The third kappa shape index (κ3) is 4.69. The van der Waals surface area contributed by atoms with Crippen LogP contribution < -0.4 is 5.32 Å². The van der Waals surface area contributed by atoms with Gasteiger partial charge in [0.15, 0.2) is 6.29 Å². The van der Waals surface area contributed by atoms with E-state index in [2.05, 4.69) is 10.3 Å². The molecule has 5 nitrogen and oxygen atoms in total. The van der Waals surface area contributed by atoms with Gasteiger partial charge in [0.25, 0.3) is 0 Å². The van der Waals surface area contributed by atoms with Gasteiger partial charge in [0.2, 0.25) is 0 Å². The van der Waals surface area contributed by atoms with E-state index >= 15 is 0 Å². The van der Waals surface area contributed by atoms with E-state index in [1.54, 1.807) is 26.8 Å². The van der Waals surface area contributed by atoms with Gasteiger partial charge in [0.1, 0.15) is 5.60 Å². The lowest BCUT2D eigenvalue weighted by Crippen LogP contribution is -2.27. The molecule has 0 saturated carbocycles. The number of nitrogens with zero attached hydrogens (tertiary/aromatic N) is 1. The first kappa shape index (κ1) is 15.1. The summed E-state index contributed by atoms with van der Waals surface area (Å²) in [7, 11) is 0. The Labute approximate surface area is 113 Å². The molecule has 0 radical (unpaired) electrons. The zero-order valence-electron chi connectivity index (χ0n) is 12.0. The second kappa shape index (κ2) is 5.82. The molecule has 5 heteroatoms. The first-order chi connectivity index (χ1) is 8.73. The van der Waals surface area contributed by atoms with Crippen LogP contribution in [0.15, 0.2) is 12.3 Å². The number of carbonyl (C=O) groups excluding carboxylic acids is 2. The molecule has 1 aromatic rings. The van der Waals surface area contributed by atoms with Crippen molar-refractivity contribution in [1.82, 2.24) is 4.98 Å². The highest BCUT2D eigenvalue weighted by atomic mass is 16.6. The number of pyridine rings is 1. The molecular formula is C14H20N2O3. The average Bonchev–Trinajstić information content (AvgIpc) is 2.25. The third-order valence-corrected chi connectivity index (χ3v) is 2.26. The number of hydrogen-bond acceptors (Lipinski definition) is 4. The van der Waals surface area contributed by atoms with Crippen molar-refractivity contribution in [1.29, 1.82) is 0 Å². The number of aldehydes is 1. The second-order valence-corrected chi connectivity index (χ2v) is 5.60. The monoisotopic (exact) mass is 264 g/mol. The largest absolute Gasteiger partial charge is 0.444 e. The van der Waals surface area contributed by atoms with Gasteiger partial charge in [-0.15, -0.1) is 0 Å². The van der Waals surface area contributed by atoms with Crippen molar-refractivity contribution < 1.29 is 14.3 Å². The Bertz CT molecular complexity index is 476. The van der Waals surface area contributed by atoms with Crippen LogP contribution in [0.5, 0.6) is 0 Å². The summed E-state index contributed by atoms with van der Waals surface area (Å²) >= 11 is 0. The Morgan fingerprint density at radius 2 is 2.05 bits per heavy atom. The highest BCUT2D eigenvalue weighted by molar-refractivity contribution is 5.87. The van der Waals surface area contributed by atoms with E-state index in [-0.39, 0.29) is 5.92 Å². The van der Waals surface area contributed by atoms with Gasteiger partial charge in [-0.05, 0) is 32.8 Å². The normalized spacial score (nSPS) is 11.3. The quantitative estimate of drug-likeness (QED) is 0.850. The first-order valence-electron chi connectivity index (χ1n) is 6.18. The Morgan fingerprint density at radius 3 is 2.53 bits per heavy atom. The molecule has 0 bridgehead atoms. The molecule has 104 valence electrons. The van der Waals surface area contributed by atoms with Gasteiger partial charge in [0, 0.05) is 11.8 Å². The fraction of sp³-hybridized carbons (Fsp3) is 0.500. The van der Waals surface area contributed by atoms with Crippen LogP contribution in [0.3, 0.4) is 0 Å². The van der Waals surface area contributed by atoms with E-state index < -0.39 is 11.7 Å². The lowest BCUT2D eigenvalue weighted by atomic mass is 10.1. The van der Waals surface area contributed by atoms with Crippen LogP contribution in [0, 0.1) is 0 Å². The van der Waals surface area contributed by atoms with Crippen LogP contribution in [0.4, 0.5) is 10.5 Å². The molecule has 0 spiro atoms. The first-order valence-corrected chi connectivity index (χ1v) is 6.18. The zero-order chi connectivity index (χ0) is 14.6. The summed E-state index contributed by atoms with van der Waals surface area (Å²) in [6.07, 6.45) is 1.62. The smallest absolute Gasteiger partial charge is 0.412 e. The number of carbonyl (C=O) groups is 2. The van der Waals surface area contributed by atoms with Crippen molar-refractivity contribution in [3.63, 3.8) is 0 Å². The summed E-state index contributed by atoms with van der Waals surface area (Å²) in [6.45, 7) is 9.29. The van der Waals surface area contributed by atoms with E-state index in [1.807, 2.05) is 13.8 Å². The van der Waals surface area contributed by atoms with E-state index in [4.69, 9.17) is 4.74 Å². The molecule has 1 aromatic heterocycles. The SMILES string of the molecule is CC(C)c1ncc(C=O)cc1NC(=O)OC(C)(C)C. The topological polar surface area (TPSA) is 68.3 Å². The Morgan fingerprint density at radius 1 is 1.42 bits per heavy atom. The van der Waals surface area contributed by atoms with Crippen LogP contribution in [-0.4, -0.2) is 23.0 Å². The molecule has 0 aliphatic heterocycles. The van der Waals surface area contributed by atoms with Crippen molar-refractivity contribution >= 4 is 18.1 Å². The minimum atomic E-state index is -0.572. The van der Waals surface area contributed by atoms with Crippen molar-refractivity contribution in [3.8, 4) is 0 Å². The molecule has 0 unspecified atom stereocenters. The maximum absolute atomic E-state index is 11.8. The summed E-state index contributed by atoms with van der Waals surface area (Å²) in [4.78, 5) is 26.7. The number of ether oxygens (including phenoxy) is 1. The van der Waals surface area contributed by atoms with Crippen LogP contribution in [0.25, 0.3) is 0 Å². The Kier molecular flexibility index (Phi) is 4.64. The predicted octanol–water partition coefficient (Wildman–Crippen LogP) is 3.36. The highest BCUT2D eigenvalue weighted by Crippen LogP contribution is 2.23. The Hall–Kier alpha value is -1.91. The minimum Gasteiger partial charge on any atom is -0.444 e. The Balaban J connectivity index is 2.97. The van der Waals surface area contributed by atoms with E-state index in [1.165, 1.54) is 6.20 Å². The molecule has 1 amide bonds. The number of anilines is 1. The maximum Gasteiger partial charge on any atom is 0.412 e. The van der Waals surface area contributed by atoms with Gasteiger partial charge >= 0.3 is 6.09 Å². The van der Waals surface area contributed by atoms with E-state index in [0.717, 1.165) is 5.69 Å². The van der Waals surface area contributed by atoms with Crippen LogP contribution in [0.2, 0.25) is 0 Å². The molecule has 1 heterocycles. The standard InChI is InChI=1S/C14H20N2O3/c1-9(2)12-11(6-10(8-17)7-15-12)16-13(18)19-14(3,4)5/h6-9H,1-5H3,(H,16,18). The van der Waals surface area contributed by atoms with Crippen molar-refractivity contribution in [3.05, 3.63) is 23.5 Å². The summed E-state index contributed by atoms with van der Waals surface area (Å²) in [6, 6.07) is 1.60. The minimum absolute atomic E-state index is 0.130. The highest BCUT2D eigenvalue weighted by Gasteiger charge is 2.18. The molecule has 0 atom stereocenters. The van der Waals surface area contributed by atoms with Crippen molar-refractivity contribution in [2.75, 3.05) is 5.32 Å². The molecule has 0 saturated heterocycles. The number of aromatic nitrogens is 1. The van der Waals surface area contributed by atoms with Gasteiger partial charge < -0.3 is 4.74 Å². The molecule has 19 heavy (non-hydrogen) atoms. The molecule has 0 aromatic carbocycles. The fourth-order valence-corrected chi connectivity index (χ4v) is 1.53. The summed E-state index contributed by atoms with van der Waals surface area (Å²) in [5.74, 6) is 0.130. The van der Waals surface area contributed by atoms with E-state index in [0.29, 0.717) is 17.5 Å². The van der Waals surface area contributed by atoms with Crippen molar-refractivity contribution in [2.45, 2.75) is 46.1 Å². The van der Waals surface area contributed by atoms with Gasteiger partial charge in [-0.1, -0.05) is 13.8 Å². The van der Waals surface area contributed by atoms with Crippen LogP contribution in [-0.2, 0) is 4.74 Å². The van der Waals surface area contributed by atoms with E-state index in [9.17, 15) is 9.59 Å². The average molecular weight is 264 g/mol. The van der Waals surface area contributed by atoms with Gasteiger partial charge in [0.05, 0.1) is 11.4 Å². The summed E-state index contributed by atoms with van der Waals surface area (Å²) < 4.78 is 5.18. The number of amides is 1. The summed E-state index contributed by atoms with van der Waals surface area (Å²) in [5, 5.41) is 2.64. The lowest BCUT2D eigenvalue weighted by Gasteiger charge is -2.20. The molecular weight excluding hydrogens is 244 g/mol. The number of hydrogen-bond donors (Lipinski definition) is 1. The molecule has 0 fully saturated rings. The van der Waals surface area contributed by atoms with Crippen LogP contribution >= 0.6 is 0 Å². The maximum atomic E-state index is 11.8. The molecule has 1 rings (SSSR count). The summed E-state index contributed by atoms with van der Waals surface area (Å²) in [5.41, 5.74) is 1.07. The van der Waals surface area contributed by atoms with Crippen LogP contribution in [0.1, 0.15) is 56.6 Å². The second-order valence-electron chi connectivity index (χ2n) is 5.60. The lowest BCUT2D eigenvalue weighted by molar-refractivity contribution is 0.0635. The number of nitrogens with one attached hydrogen (secondary N) is 1. The van der Waals surface area contributed by atoms with Gasteiger partial charge in [-0.2, -0.15) is 0 Å². The zero-order valence-corrected chi connectivity index (χ0v) is 12.0. The molecule has 0 aliphatic rings. The number of rotatable bonds is 3. The molecule has 0 aliphatic carbocycles. The van der Waals surface area contributed by atoms with Gasteiger partial charge in [-0.3, -0.25) is 15.1 Å². The predicted molar refractivity (Wildman–Crippen MR) is 73.6 cm³/mol. The fourth-order valence-electron chi connectivity index (χ4n) is 1.53. The van der Waals surface area contributed by atoms with Crippen molar-refractivity contribution in [2.24, 2.45) is 0 Å². The third-order valence-electron chi connectivity index (χ3n) is 2.26.